The predicted octanol–water partition coefficient (Wildman–Crippen LogP) is 3.93. The van der Waals surface area contributed by atoms with Gasteiger partial charge in [0.2, 0.25) is 0 Å². The molecule has 0 saturated heterocycles. The fourth-order valence-electron chi connectivity index (χ4n) is 4.97. The summed E-state index contributed by atoms with van der Waals surface area (Å²) in [4.78, 5) is 23.3. The van der Waals surface area contributed by atoms with Crippen LogP contribution in [0.5, 0.6) is 0 Å². The molecule has 3 aromatic heterocycles. The van der Waals surface area contributed by atoms with Crippen molar-refractivity contribution in [2.24, 2.45) is 17.8 Å². The normalized spacial score (nSPS) is 27.0. The molecule has 1 saturated carbocycles. The van der Waals surface area contributed by atoms with Gasteiger partial charge in [0.1, 0.15) is 5.65 Å². The summed E-state index contributed by atoms with van der Waals surface area (Å²) in [7, 11) is 0. The Morgan fingerprint density at radius 2 is 2.16 bits per heavy atom. The molecule has 0 amide bonds. The van der Waals surface area contributed by atoms with Crippen molar-refractivity contribution in [1.29, 1.82) is 0 Å². The third kappa shape index (κ3) is 2.15. The van der Waals surface area contributed by atoms with Crippen LogP contribution in [-0.4, -0.2) is 19.5 Å². The second kappa shape index (κ2) is 5.48. The average molecular weight is 334 g/mol. The molecule has 4 atom stereocenters. The summed E-state index contributed by atoms with van der Waals surface area (Å²) in [6.07, 6.45) is 16.3. The number of hydrogen-bond donors (Lipinski definition) is 2. The quantitative estimate of drug-likeness (QED) is 0.746. The van der Waals surface area contributed by atoms with Gasteiger partial charge >= 0.3 is 5.69 Å². The van der Waals surface area contributed by atoms with E-state index in [9.17, 15) is 4.79 Å². The first-order valence-electron chi connectivity index (χ1n) is 9.15. The molecule has 1 fully saturated rings. The first-order chi connectivity index (χ1) is 12.2. The summed E-state index contributed by atoms with van der Waals surface area (Å²) in [5, 5.41) is 1.01. The van der Waals surface area contributed by atoms with Crippen LogP contribution in [0.4, 0.5) is 0 Å². The number of aromatic nitrogens is 4. The second-order valence-corrected chi connectivity index (χ2v) is 7.41. The van der Waals surface area contributed by atoms with Crippen molar-refractivity contribution in [3.8, 4) is 0 Å². The summed E-state index contributed by atoms with van der Waals surface area (Å²) < 4.78 is 1.96. The third-order valence-electron chi connectivity index (χ3n) is 6.15. The van der Waals surface area contributed by atoms with Gasteiger partial charge < -0.3 is 9.97 Å². The van der Waals surface area contributed by atoms with E-state index >= 15 is 0 Å². The van der Waals surface area contributed by atoms with Crippen molar-refractivity contribution in [3.63, 3.8) is 0 Å². The van der Waals surface area contributed by atoms with Gasteiger partial charge in [-0.15, -0.1) is 0 Å². The lowest BCUT2D eigenvalue weighted by molar-refractivity contribution is 0.169. The van der Waals surface area contributed by atoms with Crippen LogP contribution in [0.15, 0.2) is 47.6 Å². The number of imidazole rings is 1. The number of aromatic amines is 2. The molecule has 3 unspecified atom stereocenters. The Hall–Kier alpha value is -2.56. The Balaban J connectivity index is 1.66. The largest absolute Gasteiger partial charge is 0.346 e. The maximum Gasteiger partial charge on any atom is 0.326 e. The highest BCUT2D eigenvalue weighted by atomic mass is 16.1. The third-order valence-corrected chi connectivity index (χ3v) is 6.15. The first kappa shape index (κ1) is 14.8. The van der Waals surface area contributed by atoms with E-state index in [2.05, 4.69) is 46.2 Å². The molecule has 0 aromatic carbocycles. The van der Waals surface area contributed by atoms with Crippen molar-refractivity contribution >= 4 is 22.1 Å². The molecule has 3 heterocycles. The fraction of sp³-hybridized carbons (Fsp3) is 0.400. The molecular formula is C20H22N4O. The lowest BCUT2D eigenvalue weighted by atomic mass is 9.68. The van der Waals surface area contributed by atoms with Crippen LogP contribution < -0.4 is 5.69 Å². The number of hydrogen-bond acceptors (Lipinski definition) is 2. The minimum Gasteiger partial charge on any atom is -0.346 e. The lowest BCUT2D eigenvalue weighted by Crippen LogP contribution is -2.35. The highest BCUT2D eigenvalue weighted by Crippen LogP contribution is 2.44. The van der Waals surface area contributed by atoms with Crippen LogP contribution in [0.25, 0.3) is 22.1 Å². The van der Waals surface area contributed by atoms with Crippen LogP contribution in [0.2, 0.25) is 0 Å². The van der Waals surface area contributed by atoms with Crippen molar-refractivity contribution in [3.05, 3.63) is 53.2 Å². The van der Waals surface area contributed by atoms with Crippen molar-refractivity contribution < 1.29 is 0 Å². The van der Waals surface area contributed by atoms with Crippen molar-refractivity contribution in [1.82, 2.24) is 19.5 Å². The van der Waals surface area contributed by atoms with Crippen LogP contribution >= 0.6 is 0 Å². The van der Waals surface area contributed by atoms with Crippen LogP contribution in [0, 0.1) is 17.8 Å². The van der Waals surface area contributed by atoms with Gasteiger partial charge in [0, 0.05) is 17.6 Å². The Morgan fingerprint density at radius 3 is 3.08 bits per heavy atom. The van der Waals surface area contributed by atoms with E-state index < -0.39 is 0 Å². The van der Waals surface area contributed by atoms with Crippen LogP contribution in [0.3, 0.4) is 0 Å². The summed E-state index contributed by atoms with van der Waals surface area (Å²) >= 11 is 0. The van der Waals surface area contributed by atoms with E-state index in [1.165, 1.54) is 19.3 Å². The Morgan fingerprint density at radius 1 is 1.28 bits per heavy atom. The number of nitrogens with one attached hydrogen (secondary N) is 2. The average Bonchev–Trinajstić information content (AvgIpc) is 3.23. The van der Waals surface area contributed by atoms with Gasteiger partial charge in [-0.05, 0) is 43.6 Å². The topological polar surface area (TPSA) is 66.5 Å². The molecule has 0 spiro atoms. The number of pyridine rings is 1. The molecule has 5 heteroatoms. The van der Waals surface area contributed by atoms with E-state index in [4.69, 9.17) is 0 Å². The van der Waals surface area contributed by atoms with E-state index in [1.54, 1.807) is 6.20 Å². The minimum atomic E-state index is -0.0320. The summed E-state index contributed by atoms with van der Waals surface area (Å²) in [5.41, 5.74) is 2.58. The first-order valence-corrected chi connectivity index (χ1v) is 9.15. The zero-order valence-corrected chi connectivity index (χ0v) is 14.3. The van der Waals surface area contributed by atoms with Crippen molar-refractivity contribution in [2.45, 2.75) is 32.2 Å². The predicted molar refractivity (Wildman–Crippen MR) is 99.5 cm³/mol. The molecule has 25 heavy (non-hydrogen) atoms. The van der Waals surface area contributed by atoms with Gasteiger partial charge in [-0.25, -0.2) is 9.78 Å². The maximum absolute atomic E-state index is 12.8. The minimum absolute atomic E-state index is 0.0320. The van der Waals surface area contributed by atoms with E-state index in [0.717, 1.165) is 22.1 Å². The zero-order valence-electron chi connectivity index (χ0n) is 14.3. The molecule has 3 aromatic rings. The van der Waals surface area contributed by atoms with Gasteiger partial charge in [-0.1, -0.05) is 30.7 Å². The highest BCUT2D eigenvalue weighted by molar-refractivity contribution is 6.00. The SMILES string of the molecule is CC(C1CCCC2C=CC=C[C@H]21)n1c(=O)[nH]c2cnc3[nH]ccc3c21. The molecule has 5 nitrogen and oxygen atoms in total. The number of fused-ring (bicyclic) bond motifs is 4. The molecule has 0 aliphatic heterocycles. The summed E-state index contributed by atoms with van der Waals surface area (Å²) in [6, 6.07) is 2.15. The summed E-state index contributed by atoms with van der Waals surface area (Å²) in [6.45, 7) is 2.20. The van der Waals surface area contributed by atoms with Gasteiger partial charge in [0.15, 0.2) is 0 Å². The molecule has 0 radical (unpaired) electrons. The van der Waals surface area contributed by atoms with E-state index in [1.807, 2.05) is 16.8 Å². The standard InChI is InChI=1S/C20H22N4O/c1-12(14-8-4-6-13-5-2-3-7-15(13)14)24-18-16-9-10-21-19(16)22-11-17(18)23-20(24)25/h2-3,5,7,9-15H,4,6,8H2,1H3,(H,21,22)(H,23,25)/t12?,13?,14?,15-/m1/s1. The van der Waals surface area contributed by atoms with Gasteiger partial charge in [-0.2, -0.15) is 0 Å². The molecule has 2 aliphatic carbocycles. The molecular weight excluding hydrogens is 312 g/mol. The van der Waals surface area contributed by atoms with E-state index in [0.29, 0.717) is 17.8 Å². The number of rotatable bonds is 2. The maximum atomic E-state index is 12.8. The smallest absolute Gasteiger partial charge is 0.326 e. The van der Waals surface area contributed by atoms with Crippen molar-refractivity contribution in [2.75, 3.05) is 0 Å². The van der Waals surface area contributed by atoms with Gasteiger partial charge in [-0.3, -0.25) is 4.57 Å². The Bertz CT molecular complexity index is 1050. The summed E-state index contributed by atoms with van der Waals surface area (Å²) in [5.74, 6) is 1.61. The number of nitrogens with zero attached hydrogens (tertiary/aromatic N) is 2. The monoisotopic (exact) mass is 334 g/mol. The molecule has 128 valence electrons. The molecule has 0 bridgehead atoms. The second-order valence-electron chi connectivity index (χ2n) is 7.41. The van der Waals surface area contributed by atoms with Gasteiger partial charge in [0.25, 0.3) is 0 Å². The van der Waals surface area contributed by atoms with Crippen LogP contribution in [0.1, 0.15) is 32.2 Å². The van der Waals surface area contributed by atoms with E-state index in [-0.39, 0.29) is 11.7 Å². The fourth-order valence-corrected chi connectivity index (χ4v) is 4.97. The Labute approximate surface area is 145 Å². The zero-order chi connectivity index (χ0) is 17.0. The lowest BCUT2D eigenvalue weighted by Gasteiger charge is -2.40. The molecule has 2 N–H and O–H groups in total. The Kier molecular flexibility index (Phi) is 3.23. The van der Waals surface area contributed by atoms with Gasteiger partial charge in [0.05, 0.1) is 17.2 Å². The number of H-pyrrole nitrogens is 2. The highest BCUT2D eigenvalue weighted by Gasteiger charge is 2.36. The molecule has 2 aliphatic rings. The van der Waals surface area contributed by atoms with Crippen LogP contribution in [-0.2, 0) is 0 Å². The number of allylic oxidation sites excluding steroid dienone is 4. The molecule has 5 rings (SSSR count).